The monoisotopic (exact) mass is 365 g/mol. The summed E-state index contributed by atoms with van der Waals surface area (Å²) in [6.45, 7) is 8.36. The van der Waals surface area contributed by atoms with E-state index >= 15 is 0 Å². The van der Waals surface area contributed by atoms with Gasteiger partial charge >= 0.3 is 18.2 Å². The number of esters is 1. The Kier molecular flexibility index (Phi) is 7.61. The Hall–Kier alpha value is -2.57. The Balaban J connectivity index is 3.06. The largest absolute Gasteiger partial charge is 0.467 e. The van der Waals surface area contributed by atoms with Gasteiger partial charge in [-0.25, -0.2) is 14.4 Å². The van der Waals surface area contributed by atoms with E-state index in [0.717, 1.165) is 5.56 Å². The molecule has 1 aromatic rings. The second-order valence-electron chi connectivity index (χ2n) is 7.10. The fourth-order valence-corrected chi connectivity index (χ4v) is 2.20. The molecule has 2 amide bonds. The van der Waals surface area contributed by atoms with Crippen molar-refractivity contribution in [3.63, 3.8) is 0 Å². The minimum atomic E-state index is -1.15. The second kappa shape index (κ2) is 9.22. The van der Waals surface area contributed by atoms with Crippen molar-refractivity contribution in [3.8, 4) is 0 Å². The molecule has 0 heterocycles. The van der Waals surface area contributed by atoms with Crippen molar-refractivity contribution >= 4 is 18.2 Å². The van der Waals surface area contributed by atoms with Gasteiger partial charge in [0.05, 0.1) is 7.11 Å². The molecular weight excluding hydrogens is 338 g/mol. The van der Waals surface area contributed by atoms with Crippen LogP contribution in [0.2, 0.25) is 0 Å². The summed E-state index contributed by atoms with van der Waals surface area (Å²) in [5.74, 6) is -1.11. The van der Waals surface area contributed by atoms with Crippen molar-refractivity contribution in [2.45, 2.75) is 52.9 Å². The van der Waals surface area contributed by atoms with E-state index in [-0.39, 0.29) is 12.5 Å². The molecule has 7 heteroatoms. The normalized spacial score (nSPS) is 12.3. The zero-order valence-electron chi connectivity index (χ0n) is 16.1. The molecule has 0 aliphatic rings. The average molecular weight is 365 g/mol. The number of carbonyl (C=O) groups is 3. The van der Waals surface area contributed by atoms with E-state index in [9.17, 15) is 14.4 Å². The van der Waals surface area contributed by atoms with Crippen molar-refractivity contribution in [3.05, 3.63) is 35.9 Å². The van der Waals surface area contributed by atoms with Crippen LogP contribution in [0.15, 0.2) is 30.3 Å². The molecule has 1 aromatic carbocycles. The number of hydrogen-bond donors (Lipinski definition) is 0. The molecule has 7 nitrogen and oxygen atoms in total. The third kappa shape index (κ3) is 6.38. The first-order valence-corrected chi connectivity index (χ1v) is 8.37. The lowest BCUT2D eigenvalue weighted by Crippen LogP contribution is -2.53. The maximum absolute atomic E-state index is 12.6. The van der Waals surface area contributed by atoms with Crippen LogP contribution < -0.4 is 0 Å². The van der Waals surface area contributed by atoms with E-state index in [1.54, 1.807) is 58.9 Å². The molecule has 0 saturated carbocycles. The van der Waals surface area contributed by atoms with Crippen LogP contribution in [0.3, 0.4) is 0 Å². The summed E-state index contributed by atoms with van der Waals surface area (Å²) in [5.41, 5.74) is -0.0867. The molecule has 0 aromatic heterocycles. The predicted molar refractivity (Wildman–Crippen MR) is 95.3 cm³/mol. The number of benzene rings is 1. The fraction of sp³-hybridized carbons (Fsp3) is 0.526. The summed E-state index contributed by atoms with van der Waals surface area (Å²) in [5, 5.41) is 0. The molecule has 0 N–H and O–H groups in total. The first kappa shape index (κ1) is 21.5. The Morgan fingerprint density at radius 2 is 1.62 bits per heavy atom. The zero-order chi connectivity index (χ0) is 19.9. The fourth-order valence-electron chi connectivity index (χ4n) is 2.20. The van der Waals surface area contributed by atoms with Crippen molar-refractivity contribution in [2.24, 2.45) is 5.92 Å². The molecule has 0 spiro atoms. The number of amides is 2. The van der Waals surface area contributed by atoms with Crippen LogP contribution in [0.4, 0.5) is 9.59 Å². The van der Waals surface area contributed by atoms with E-state index in [4.69, 9.17) is 14.2 Å². The number of hydrogen-bond acceptors (Lipinski definition) is 6. The third-order valence-corrected chi connectivity index (χ3v) is 3.34. The van der Waals surface area contributed by atoms with Crippen molar-refractivity contribution < 1.29 is 28.6 Å². The van der Waals surface area contributed by atoms with Gasteiger partial charge in [0.15, 0.2) is 0 Å². The number of rotatable bonds is 5. The standard InChI is InChI=1S/C19H27NO6/c1-13(2)15(16(21)24-6)20(18(23)26-19(3,4)5)17(22)25-12-14-10-8-7-9-11-14/h7-11,13,15H,12H2,1-6H3/t15-/m1/s1. The Morgan fingerprint density at radius 1 is 1.04 bits per heavy atom. The topological polar surface area (TPSA) is 82.1 Å². The molecular formula is C19H27NO6. The molecule has 26 heavy (non-hydrogen) atoms. The van der Waals surface area contributed by atoms with Crippen molar-refractivity contribution in [2.75, 3.05) is 7.11 Å². The lowest BCUT2D eigenvalue weighted by molar-refractivity contribution is -0.148. The van der Waals surface area contributed by atoms with E-state index in [2.05, 4.69) is 0 Å². The smallest absolute Gasteiger partial charge is 0.420 e. The van der Waals surface area contributed by atoms with Crippen molar-refractivity contribution in [1.82, 2.24) is 4.90 Å². The molecule has 144 valence electrons. The highest BCUT2D eigenvalue weighted by Gasteiger charge is 2.41. The summed E-state index contributed by atoms with van der Waals surface area (Å²) >= 11 is 0. The molecule has 0 bridgehead atoms. The Labute approximate surface area is 154 Å². The molecule has 0 fully saturated rings. The average Bonchev–Trinajstić information content (AvgIpc) is 2.55. The van der Waals surface area contributed by atoms with Gasteiger partial charge in [-0.3, -0.25) is 0 Å². The minimum Gasteiger partial charge on any atom is -0.467 e. The molecule has 0 radical (unpaired) electrons. The van der Waals surface area contributed by atoms with Crippen LogP contribution in [0.25, 0.3) is 0 Å². The molecule has 0 unspecified atom stereocenters. The first-order chi connectivity index (χ1) is 12.1. The Bertz CT molecular complexity index is 621. The van der Waals surface area contributed by atoms with E-state index < -0.39 is 29.8 Å². The summed E-state index contributed by atoms with van der Waals surface area (Å²) in [6.07, 6.45) is -1.92. The summed E-state index contributed by atoms with van der Waals surface area (Å²) in [7, 11) is 1.19. The van der Waals surface area contributed by atoms with Crippen LogP contribution in [0.5, 0.6) is 0 Å². The second-order valence-corrected chi connectivity index (χ2v) is 7.10. The summed E-state index contributed by atoms with van der Waals surface area (Å²) < 4.78 is 15.3. The number of carbonyl (C=O) groups excluding carboxylic acids is 3. The van der Waals surface area contributed by atoms with E-state index in [1.807, 2.05) is 6.07 Å². The van der Waals surface area contributed by atoms with Gasteiger partial charge < -0.3 is 14.2 Å². The molecule has 0 aliphatic carbocycles. The van der Waals surface area contributed by atoms with Crippen LogP contribution in [-0.2, 0) is 25.6 Å². The zero-order valence-corrected chi connectivity index (χ0v) is 16.1. The van der Waals surface area contributed by atoms with Gasteiger partial charge in [-0.05, 0) is 32.3 Å². The van der Waals surface area contributed by atoms with Gasteiger partial charge in [0.25, 0.3) is 0 Å². The highest BCUT2D eigenvalue weighted by Crippen LogP contribution is 2.19. The quantitative estimate of drug-likeness (QED) is 0.584. The van der Waals surface area contributed by atoms with Gasteiger partial charge in [-0.1, -0.05) is 44.2 Å². The predicted octanol–water partition coefficient (Wildman–Crippen LogP) is 3.76. The van der Waals surface area contributed by atoms with Gasteiger partial charge in [-0.15, -0.1) is 0 Å². The minimum absolute atomic E-state index is 0.0367. The van der Waals surface area contributed by atoms with Gasteiger partial charge in [0.1, 0.15) is 18.2 Å². The highest BCUT2D eigenvalue weighted by atomic mass is 16.6. The molecule has 0 aliphatic heterocycles. The number of nitrogens with zero attached hydrogens (tertiary/aromatic N) is 1. The van der Waals surface area contributed by atoms with Crippen LogP contribution in [0.1, 0.15) is 40.2 Å². The van der Waals surface area contributed by atoms with Gasteiger partial charge in [0, 0.05) is 0 Å². The van der Waals surface area contributed by atoms with Crippen LogP contribution in [-0.4, -0.2) is 41.8 Å². The molecule has 1 rings (SSSR count). The van der Waals surface area contributed by atoms with Gasteiger partial charge in [0.2, 0.25) is 0 Å². The van der Waals surface area contributed by atoms with Crippen molar-refractivity contribution in [1.29, 1.82) is 0 Å². The maximum atomic E-state index is 12.6. The SMILES string of the molecule is COC(=O)[C@@H](C(C)C)N(C(=O)OCc1ccccc1)C(=O)OC(C)(C)C. The first-order valence-electron chi connectivity index (χ1n) is 8.37. The molecule has 1 atom stereocenters. The van der Waals surface area contributed by atoms with Crippen LogP contribution >= 0.6 is 0 Å². The van der Waals surface area contributed by atoms with Crippen LogP contribution in [0, 0.1) is 5.92 Å². The highest BCUT2D eigenvalue weighted by molar-refractivity contribution is 5.94. The summed E-state index contributed by atoms with van der Waals surface area (Å²) in [4.78, 5) is 38.0. The molecule has 0 saturated heterocycles. The maximum Gasteiger partial charge on any atom is 0.420 e. The number of methoxy groups -OCH3 is 1. The number of imide groups is 1. The van der Waals surface area contributed by atoms with E-state index in [0.29, 0.717) is 4.90 Å². The number of ether oxygens (including phenoxy) is 3. The summed E-state index contributed by atoms with van der Waals surface area (Å²) in [6, 6.07) is 7.86. The lowest BCUT2D eigenvalue weighted by atomic mass is 10.0. The Morgan fingerprint density at radius 3 is 2.08 bits per heavy atom. The third-order valence-electron chi connectivity index (χ3n) is 3.34. The van der Waals surface area contributed by atoms with E-state index in [1.165, 1.54) is 7.11 Å². The van der Waals surface area contributed by atoms with Gasteiger partial charge in [-0.2, -0.15) is 4.90 Å². The lowest BCUT2D eigenvalue weighted by Gasteiger charge is -2.31.